The fourth-order valence-corrected chi connectivity index (χ4v) is 1.82. The second-order valence-corrected chi connectivity index (χ2v) is 3.72. The van der Waals surface area contributed by atoms with Gasteiger partial charge in [0, 0.05) is 11.9 Å². The number of aromatic nitrogens is 2. The summed E-state index contributed by atoms with van der Waals surface area (Å²) < 4.78 is 0. The van der Waals surface area contributed by atoms with Crippen molar-refractivity contribution < 1.29 is 0 Å². The molecule has 0 aliphatic rings. The molecule has 0 saturated heterocycles. The van der Waals surface area contributed by atoms with Crippen molar-refractivity contribution in [3.8, 4) is 11.4 Å². The summed E-state index contributed by atoms with van der Waals surface area (Å²) >= 11 is 0. The summed E-state index contributed by atoms with van der Waals surface area (Å²) in [5.74, 6) is 0. The number of pyridine rings is 2. The van der Waals surface area contributed by atoms with Gasteiger partial charge in [0.25, 0.3) is 0 Å². The third kappa shape index (κ3) is 2.11. The molecule has 0 unspecified atom stereocenters. The van der Waals surface area contributed by atoms with E-state index in [-0.39, 0.29) is 0 Å². The highest BCUT2D eigenvalue weighted by Crippen LogP contribution is 2.17. The molecule has 82 valence electrons. The Kier molecular flexibility index (Phi) is 3.30. The molecule has 16 heavy (non-hydrogen) atoms. The molecular weight excluding hydrogens is 196 g/mol. The van der Waals surface area contributed by atoms with Crippen LogP contribution < -0.4 is 0 Å². The molecule has 2 heterocycles. The van der Waals surface area contributed by atoms with Crippen LogP contribution in [0.5, 0.6) is 0 Å². The molecule has 2 aromatic rings. The van der Waals surface area contributed by atoms with Gasteiger partial charge in [-0.25, -0.2) is 0 Å². The first-order valence-corrected chi connectivity index (χ1v) is 5.75. The van der Waals surface area contributed by atoms with Gasteiger partial charge in [0.1, 0.15) is 0 Å². The molecule has 0 spiro atoms. The molecule has 0 amide bonds. The topological polar surface area (TPSA) is 25.8 Å². The Morgan fingerprint density at radius 2 is 1.81 bits per heavy atom. The van der Waals surface area contributed by atoms with Crippen LogP contribution in [0.25, 0.3) is 11.4 Å². The highest BCUT2D eigenvalue weighted by atomic mass is 14.8. The highest BCUT2D eigenvalue weighted by Gasteiger charge is 2.04. The van der Waals surface area contributed by atoms with Gasteiger partial charge in [0.2, 0.25) is 0 Å². The Hall–Kier alpha value is -1.70. The number of hydrogen-bond acceptors (Lipinski definition) is 2. The third-order valence-electron chi connectivity index (χ3n) is 2.71. The van der Waals surface area contributed by atoms with Crippen LogP contribution in [0, 0.1) is 0 Å². The van der Waals surface area contributed by atoms with Crippen LogP contribution >= 0.6 is 0 Å². The van der Waals surface area contributed by atoms with E-state index in [1.807, 2.05) is 18.2 Å². The average Bonchev–Trinajstić information content (AvgIpc) is 2.39. The maximum absolute atomic E-state index is 4.67. The van der Waals surface area contributed by atoms with Crippen molar-refractivity contribution in [2.45, 2.75) is 26.7 Å². The van der Waals surface area contributed by atoms with Gasteiger partial charge in [-0.3, -0.25) is 9.97 Å². The summed E-state index contributed by atoms with van der Waals surface area (Å²) in [6.07, 6.45) is 3.82. The summed E-state index contributed by atoms with van der Waals surface area (Å²) in [5, 5.41) is 0. The summed E-state index contributed by atoms with van der Waals surface area (Å²) in [5.41, 5.74) is 4.43. The largest absolute Gasteiger partial charge is 0.255 e. The molecule has 2 rings (SSSR count). The molecule has 0 aromatic carbocycles. The van der Waals surface area contributed by atoms with Gasteiger partial charge >= 0.3 is 0 Å². The van der Waals surface area contributed by atoms with E-state index in [2.05, 4.69) is 35.9 Å². The molecule has 0 atom stereocenters. The minimum atomic E-state index is 0.944. The van der Waals surface area contributed by atoms with Gasteiger partial charge in [0.05, 0.1) is 11.4 Å². The van der Waals surface area contributed by atoms with Crippen LogP contribution in [0.4, 0.5) is 0 Å². The lowest BCUT2D eigenvalue weighted by atomic mass is 10.1. The zero-order valence-corrected chi connectivity index (χ0v) is 9.77. The number of hydrogen-bond donors (Lipinski definition) is 0. The van der Waals surface area contributed by atoms with Crippen molar-refractivity contribution in [1.82, 2.24) is 9.97 Å². The van der Waals surface area contributed by atoms with Crippen molar-refractivity contribution in [3.05, 3.63) is 47.8 Å². The van der Waals surface area contributed by atoms with Gasteiger partial charge in [-0.2, -0.15) is 0 Å². The lowest BCUT2D eigenvalue weighted by Crippen LogP contribution is -1.97. The molecule has 2 aromatic heterocycles. The smallest absolute Gasteiger partial charge is 0.0889 e. The predicted molar refractivity (Wildman–Crippen MR) is 66.2 cm³/mol. The van der Waals surface area contributed by atoms with Gasteiger partial charge in [-0.05, 0) is 36.6 Å². The minimum Gasteiger partial charge on any atom is -0.255 e. The van der Waals surface area contributed by atoms with Crippen LogP contribution in [-0.4, -0.2) is 9.97 Å². The Morgan fingerprint density at radius 1 is 0.938 bits per heavy atom. The van der Waals surface area contributed by atoms with Crippen LogP contribution in [0.2, 0.25) is 0 Å². The predicted octanol–water partition coefficient (Wildman–Crippen LogP) is 3.27. The summed E-state index contributed by atoms with van der Waals surface area (Å²) in [6.45, 7) is 4.31. The van der Waals surface area contributed by atoms with E-state index in [1.165, 1.54) is 11.3 Å². The summed E-state index contributed by atoms with van der Waals surface area (Å²) in [6, 6.07) is 10.1. The van der Waals surface area contributed by atoms with Crippen molar-refractivity contribution in [3.63, 3.8) is 0 Å². The number of nitrogens with zero attached hydrogens (tertiary/aromatic N) is 2. The molecule has 0 aliphatic carbocycles. The molecule has 0 fully saturated rings. The van der Waals surface area contributed by atoms with Crippen molar-refractivity contribution >= 4 is 0 Å². The second kappa shape index (κ2) is 4.88. The number of aryl methyl sites for hydroxylation is 2. The second-order valence-electron chi connectivity index (χ2n) is 3.72. The molecule has 2 nitrogen and oxygen atoms in total. The lowest BCUT2D eigenvalue weighted by Gasteiger charge is -2.07. The van der Waals surface area contributed by atoms with Crippen LogP contribution in [0.1, 0.15) is 25.1 Å². The molecule has 0 bridgehead atoms. The van der Waals surface area contributed by atoms with Gasteiger partial charge < -0.3 is 0 Å². The van der Waals surface area contributed by atoms with Crippen LogP contribution in [0.3, 0.4) is 0 Å². The van der Waals surface area contributed by atoms with E-state index in [4.69, 9.17) is 0 Å². The maximum Gasteiger partial charge on any atom is 0.0889 e. The normalized spacial score (nSPS) is 10.4. The monoisotopic (exact) mass is 212 g/mol. The van der Waals surface area contributed by atoms with E-state index >= 15 is 0 Å². The first-order chi connectivity index (χ1) is 7.85. The Morgan fingerprint density at radius 3 is 2.44 bits per heavy atom. The fourth-order valence-electron chi connectivity index (χ4n) is 1.82. The first-order valence-electron chi connectivity index (χ1n) is 5.75. The fraction of sp³-hybridized carbons (Fsp3) is 0.286. The first kappa shape index (κ1) is 10.8. The van der Waals surface area contributed by atoms with E-state index in [0.29, 0.717) is 0 Å². The van der Waals surface area contributed by atoms with Crippen molar-refractivity contribution in [1.29, 1.82) is 0 Å². The Balaban J connectivity index is 2.44. The highest BCUT2D eigenvalue weighted by molar-refractivity contribution is 5.54. The number of rotatable bonds is 3. The van der Waals surface area contributed by atoms with Crippen molar-refractivity contribution in [2.24, 2.45) is 0 Å². The standard InChI is InChI=1S/C14H16N2/c1-3-11-8-9-14(16-12(11)4-2)13-7-5-6-10-15-13/h5-10H,3-4H2,1-2H3. The molecular formula is C14H16N2. The van der Waals surface area contributed by atoms with Gasteiger partial charge in [0.15, 0.2) is 0 Å². The van der Waals surface area contributed by atoms with E-state index in [1.54, 1.807) is 6.20 Å². The van der Waals surface area contributed by atoms with E-state index < -0.39 is 0 Å². The molecule has 0 N–H and O–H groups in total. The summed E-state index contributed by atoms with van der Waals surface area (Å²) in [7, 11) is 0. The van der Waals surface area contributed by atoms with E-state index in [9.17, 15) is 0 Å². The van der Waals surface area contributed by atoms with Crippen LogP contribution in [0.15, 0.2) is 36.5 Å². The zero-order chi connectivity index (χ0) is 11.4. The van der Waals surface area contributed by atoms with Crippen LogP contribution in [-0.2, 0) is 12.8 Å². The molecule has 0 radical (unpaired) electrons. The lowest BCUT2D eigenvalue weighted by molar-refractivity contribution is 0.965. The molecule has 0 aliphatic heterocycles. The minimum absolute atomic E-state index is 0.944. The van der Waals surface area contributed by atoms with Gasteiger partial charge in [-0.15, -0.1) is 0 Å². The Labute approximate surface area is 96.4 Å². The third-order valence-corrected chi connectivity index (χ3v) is 2.71. The molecule has 2 heteroatoms. The SMILES string of the molecule is CCc1ccc(-c2ccccn2)nc1CC. The van der Waals surface area contributed by atoms with Gasteiger partial charge in [-0.1, -0.05) is 26.0 Å². The average molecular weight is 212 g/mol. The maximum atomic E-state index is 4.67. The zero-order valence-electron chi connectivity index (χ0n) is 9.77. The summed E-state index contributed by atoms with van der Waals surface area (Å²) in [4.78, 5) is 8.99. The van der Waals surface area contributed by atoms with E-state index in [0.717, 1.165) is 24.2 Å². The Bertz CT molecular complexity index is 463. The quantitative estimate of drug-likeness (QED) is 0.780. The van der Waals surface area contributed by atoms with Crippen molar-refractivity contribution in [2.75, 3.05) is 0 Å². The molecule has 0 saturated carbocycles.